The maximum absolute atomic E-state index is 11.6. The maximum Gasteiger partial charge on any atom is 0.341 e. The molecule has 1 aromatic carbocycles. The van der Waals surface area contributed by atoms with Gasteiger partial charge in [-0.15, -0.1) is 0 Å². The van der Waals surface area contributed by atoms with Gasteiger partial charge in [0, 0.05) is 42.4 Å². The number of carboxylic acid groups (broad SMARTS) is 1. The molecule has 2 heterocycles. The van der Waals surface area contributed by atoms with Crippen LogP contribution in [0, 0.1) is 0 Å². The lowest BCUT2D eigenvalue weighted by Gasteiger charge is -2.27. The van der Waals surface area contributed by atoms with Crippen LogP contribution < -0.4 is 15.4 Å². The van der Waals surface area contributed by atoms with Gasteiger partial charge in [0.1, 0.15) is 0 Å². The second-order valence-corrected chi connectivity index (χ2v) is 6.36. The van der Waals surface area contributed by atoms with Crippen molar-refractivity contribution in [3.05, 3.63) is 53.7 Å². The summed E-state index contributed by atoms with van der Waals surface area (Å²) in [5, 5.41) is 8.90. The summed E-state index contributed by atoms with van der Waals surface area (Å²) < 4.78 is 5.38. The molecule has 0 spiro atoms. The Morgan fingerprint density at radius 1 is 1.27 bits per heavy atom. The van der Waals surface area contributed by atoms with Crippen molar-refractivity contribution in [2.24, 2.45) is 5.73 Å². The number of fused-ring (bicyclic) bond motifs is 1. The number of primary amides is 1. The van der Waals surface area contributed by atoms with Gasteiger partial charge in [-0.25, -0.2) is 9.78 Å². The predicted molar refractivity (Wildman–Crippen MR) is 96.0 cm³/mol. The van der Waals surface area contributed by atoms with Gasteiger partial charge in [-0.05, 0) is 18.6 Å². The summed E-state index contributed by atoms with van der Waals surface area (Å²) in [5.41, 5.74) is 8.22. The standard InChI is InChI=1S/C19H21N3O4/c1-12-14(9-16(20)23)18-15(7-8-21-19(18)26-11-17(24)25)22(12)10-13-5-3-2-4-6-13/h2-8,12,14H,9-11H2,1H3,(H2,20,23)(H,24,25). The first-order chi connectivity index (χ1) is 12.5. The molecule has 0 radical (unpaired) electrons. The number of carbonyl (C=O) groups excluding carboxylic acids is 1. The third-order valence-corrected chi connectivity index (χ3v) is 4.63. The lowest BCUT2D eigenvalue weighted by atomic mass is 9.93. The zero-order chi connectivity index (χ0) is 18.7. The molecule has 0 saturated carbocycles. The van der Waals surface area contributed by atoms with Crippen molar-refractivity contribution in [1.82, 2.24) is 4.98 Å². The van der Waals surface area contributed by atoms with Gasteiger partial charge in [-0.2, -0.15) is 0 Å². The van der Waals surface area contributed by atoms with Gasteiger partial charge < -0.3 is 20.5 Å². The summed E-state index contributed by atoms with van der Waals surface area (Å²) in [4.78, 5) is 28.8. The van der Waals surface area contributed by atoms with Gasteiger partial charge in [0.15, 0.2) is 6.61 Å². The molecule has 2 aromatic rings. The summed E-state index contributed by atoms with van der Waals surface area (Å²) in [6.07, 6.45) is 1.74. The quantitative estimate of drug-likeness (QED) is 0.786. The number of nitrogens with two attached hydrogens (primary N) is 1. The van der Waals surface area contributed by atoms with Crippen molar-refractivity contribution in [3.8, 4) is 5.88 Å². The highest BCUT2D eigenvalue weighted by Crippen LogP contribution is 2.47. The molecule has 0 fully saturated rings. The molecule has 2 atom stereocenters. The largest absolute Gasteiger partial charge is 0.479 e. The molecule has 2 unspecified atom stereocenters. The molecule has 7 nitrogen and oxygen atoms in total. The van der Waals surface area contributed by atoms with Gasteiger partial charge in [0.2, 0.25) is 11.8 Å². The molecule has 26 heavy (non-hydrogen) atoms. The molecule has 7 heteroatoms. The van der Waals surface area contributed by atoms with Gasteiger partial charge >= 0.3 is 5.97 Å². The minimum atomic E-state index is -1.08. The third-order valence-electron chi connectivity index (χ3n) is 4.63. The van der Waals surface area contributed by atoms with Crippen molar-refractivity contribution in [2.45, 2.75) is 31.8 Å². The number of hydrogen-bond donors (Lipinski definition) is 2. The minimum absolute atomic E-state index is 0.00548. The maximum atomic E-state index is 11.6. The number of carbonyl (C=O) groups is 2. The van der Waals surface area contributed by atoms with Crippen molar-refractivity contribution in [2.75, 3.05) is 11.5 Å². The van der Waals surface area contributed by atoms with Gasteiger partial charge in [0.25, 0.3) is 0 Å². The van der Waals surface area contributed by atoms with E-state index in [9.17, 15) is 9.59 Å². The number of amides is 1. The van der Waals surface area contributed by atoms with Crippen molar-refractivity contribution < 1.29 is 19.4 Å². The number of anilines is 1. The normalized spacial score (nSPS) is 18.4. The molecule has 1 amide bonds. The van der Waals surface area contributed by atoms with E-state index in [0.29, 0.717) is 6.54 Å². The summed E-state index contributed by atoms with van der Waals surface area (Å²) >= 11 is 0. The van der Waals surface area contributed by atoms with E-state index in [0.717, 1.165) is 16.8 Å². The van der Waals surface area contributed by atoms with E-state index in [1.165, 1.54) is 0 Å². The average molecular weight is 355 g/mol. The SMILES string of the molecule is CC1C(CC(N)=O)c2c(ccnc2OCC(=O)O)N1Cc1ccccc1. The lowest BCUT2D eigenvalue weighted by molar-refractivity contribution is -0.139. The smallest absolute Gasteiger partial charge is 0.341 e. The Bertz CT molecular complexity index is 810. The van der Waals surface area contributed by atoms with E-state index in [1.54, 1.807) is 6.20 Å². The summed E-state index contributed by atoms with van der Waals surface area (Å²) in [5.74, 6) is -1.45. The van der Waals surface area contributed by atoms with E-state index < -0.39 is 18.5 Å². The van der Waals surface area contributed by atoms with Gasteiger partial charge in [-0.3, -0.25) is 4.79 Å². The summed E-state index contributed by atoms with van der Waals surface area (Å²) in [7, 11) is 0. The second-order valence-electron chi connectivity index (χ2n) is 6.36. The Morgan fingerprint density at radius 3 is 2.65 bits per heavy atom. The zero-order valence-electron chi connectivity index (χ0n) is 14.5. The van der Waals surface area contributed by atoms with Crippen molar-refractivity contribution in [3.63, 3.8) is 0 Å². The first-order valence-corrected chi connectivity index (χ1v) is 8.39. The van der Waals surface area contributed by atoms with Crippen LogP contribution in [0.25, 0.3) is 0 Å². The Hall–Kier alpha value is -3.09. The van der Waals surface area contributed by atoms with Crippen LogP contribution in [-0.4, -0.2) is 34.6 Å². The van der Waals surface area contributed by atoms with Crippen LogP contribution in [0.2, 0.25) is 0 Å². The highest BCUT2D eigenvalue weighted by molar-refractivity contribution is 5.77. The van der Waals surface area contributed by atoms with E-state index >= 15 is 0 Å². The Labute approximate surface area is 151 Å². The molecule has 3 rings (SSSR count). The summed E-state index contributed by atoms with van der Waals surface area (Å²) in [6, 6.07) is 11.9. The molecule has 0 saturated heterocycles. The highest BCUT2D eigenvalue weighted by atomic mass is 16.5. The third kappa shape index (κ3) is 3.61. The van der Waals surface area contributed by atoms with Crippen LogP contribution in [0.1, 0.15) is 30.4 Å². The van der Waals surface area contributed by atoms with Gasteiger partial charge in [-0.1, -0.05) is 30.3 Å². The molecule has 1 aliphatic heterocycles. The number of aromatic nitrogens is 1. The number of hydrogen-bond acceptors (Lipinski definition) is 5. The number of ether oxygens (including phenoxy) is 1. The van der Waals surface area contributed by atoms with Crippen LogP contribution in [0.5, 0.6) is 5.88 Å². The van der Waals surface area contributed by atoms with Crippen molar-refractivity contribution in [1.29, 1.82) is 0 Å². The molecule has 3 N–H and O–H groups in total. The van der Waals surface area contributed by atoms with E-state index in [-0.39, 0.29) is 24.3 Å². The fraction of sp³-hybridized carbons (Fsp3) is 0.316. The number of rotatable bonds is 7. The van der Waals surface area contributed by atoms with Crippen LogP contribution in [0.4, 0.5) is 5.69 Å². The second kappa shape index (κ2) is 7.43. The topological polar surface area (TPSA) is 106 Å². The summed E-state index contributed by atoms with van der Waals surface area (Å²) in [6.45, 7) is 2.20. The molecule has 0 bridgehead atoms. The van der Waals surface area contributed by atoms with Crippen LogP contribution in [-0.2, 0) is 16.1 Å². The van der Waals surface area contributed by atoms with Crippen LogP contribution in [0.3, 0.4) is 0 Å². The van der Waals surface area contributed by atoms with Crippen LogP contribution >= 0.6 is 0 Å². The number of pyridine rings is 1. The molecule has 0 aliphatic carbocycles. The Kier molecular flexibility index (Phi) is 5.06. The fourth-order valence-corrected chi connectivity index (χ4v) is 3.47. The number of benzene rings is 1. The minimum Gasteiger partial charge on any atom is -0.479 e. The number of carboxylic acids is 1. The van der Waals surface area contributed by atoms with E-state index in [2.05, 4.69) is 9.88 Å². The highest BCUT2D eigenvalue weighted by Gasteiger charge is 2.39. The predicted octanol–water partition coefficient (Wildman–Crippen LogP) is 1.91. The average Bonchev–Trinajstić information content (AvgIpc) is 2.86. The number of aliphatic carboxylic acids is 1. The lowest BCUT2D eigenvalue weighted by Crippen LogP contribution is -2.32. The van der Waals surface area contributed by atoms with Crippen LogP contribution in [0.15, 0.2) is 42.6 Å². The molecular weight excluding hydrogens is 334 g/mol. The van der Waals surface area contributed by atoms with E-state index in [1.807, 2.05) is 43.3 Å². The monoisotopic (exact) mass is 355 g/mol. The van der Waals surface area contributed by atoms with E-state index in [4.69, 9.17) is 15.6 Å². The zero-order valence-corrected chi connectivity index (χ0v) is 14.5. The molecule has 1 aromatic heterocycles. The molecule has 1 aliphatic rings. The Morgan fingerprint density at radius 2 is 2.00 bits per heavy atom. The Balaban J connectivity index is 1.98. The number of nitrogens with zero attached hydrogens (tertiary/aromatic N) is 2. The first kappa shape index (κ1) is 17.7. The molecule has 136 valence electrons. The van der Waals surface area contributed by atoms with Gasteiger partial charge in [0.05, 0.1) is 0 Å². The first-order valence-electron chi connectivity index (χ1n) is 8.39. The fourth-order valence-electron chi connectivity index (χ4n) is 3.47. The molecular formula is C19H21N3O4. The van der Waals surface area contributed by atoms with Crippen molar-refractivity contribution >= 4 is 17.6 Å².